The highest BCUT2D eigenvalue weighted by Gasteiger charge is 2.31. The summed E-state index contributed by atoms with van der Waals surface area (Å²) in [5.74, 6) is -0.190. The van der Waals surface area contributed by atoms with Crippen molar-refractivity contribution in [2.24, 2.45) is 0 Å². The van der Waals surface area contributed by atoms with Crippen LogP contribution in [0.5, 0.6) is 0 Å². The van der Waals surface area contributed by atoms with E-state index in [4.69, 9.17) is 0 Å². The van der Waals surface area contributed by atoms with Crippen molar-refractivity contribution in [2.75, 3.05) is 11.9 Å². The SMILES string of the molecule is CC(Sc1nnc2ccc(C(F)(F)F)cn12)C(=O)N(C)c1ccccc1. The fourth-order valence-electron chi connectivity index (χ4n) is 2.38. The molecule has 136 valence electrons. The third-order valence-electron chi connectivity index (χ3n) is 3.80. The number of halogens is 3. The second kappa shape index (κ2) is 6.99. The number of carbonyl (C=O) groups excluding carboxylic acids is 1. The molecule has 0 fully saturated rings. The maximum Gasteiger partial charge on any atom is 0.417 e. The Labute approximate surface area is 151 Å². The number of thioether (sulfide) groups is 1. The smallest absolute Gasteiger partial charge is 0.315 e. The molecule has 2 aromatic heterocycles. The van der Waals surface area contributed by atoms with Gasteiger partial charge in [0.1, 0.15) is 0 Å². The molecule has 3 aromatic rings. The van der Waals surface area contributed by atoms with E-state index in [9.17, 15) is 18.0 Å². The number of alkyl halides is 3. The summed E-state index contributed by atoms with van der Waals surface area (Å²) in [7, 11) is 1.65. The molecule has 1 aromatic carbocycles. The molecule has 0 radical (unpaired) electrons. The van der Waals surface area contributed by atoms with Crippen molar-refractivity contribution in [3.63, 3.8) is 0 Å². The zero-order valence-electron chi connectivity index (χ0n) is 13.9. The predicted molar refractivity (Wildman–Crippen MR) is 93.2 cm³/mol. The van der Waals surface area contributed by atoms with E-state index in [1.54, 1.807) is 26.1 Å². The molecule has 0 aliphatic carbocycles. The first-order chi connectivity index (χ1) is 12.3. The molecule has 1 unspecified atom stereocenters. The zero-order valence-corrected chi connectivity index (χ0v) is 14.8. The highest BCUT2D eigenvalue weighted by Crippen LogP contribution is 2.31. The number of hydrogen-bond acceptors (Lipinski definition) is 4. The number of para-hydroxylation sites is 1. The van der Waals surface area contributed by atoms with Gasteiger partial charge in [0.05, 0.1) is 10.8 Å². The van der Waals surface area contributed by atoms with Crippen molar-refractivity contribution in [2.45, 2.75) is 23.5 Å². The Balaban J connectivity index is 1.83. The lowest BCUT2D eigenvalue weighted by Crippen LogP contribution is -2.33. The van der Waals surface area contributed by atoms with Gasteiger partial charge in [0.2, 0.25) is 5.91 Å². The molecule has 5 nitrogen and oxygen atoms in total. The summed E-state index contributed by atoms with van der Waals surface area (Å²) >= 11 is 1.06. The molecule has 2 heterocycles. The number of hydrogen-bond donors (Lipinski definition) is 0. The maximum atomic E-state index is 12.9. The lowest BCUT2D eigenvalue weighted by molar-refractivity contribution is -0.137. The summed E-state index contributed by atoms with van der Waals surface area (Å²) in [6.45, 7) is 1.68. The fourth-order valence-corrected chi connectivity index (χ4v) is 3.30. The minimum absolute atomic E-state index is 0.190. The standard InChI is InChI=1S/C17H15F3N4OS/c1-11(15(25)23(2)13-6-4-3-5-7-13)26-16-22-21-14-9-8-12(10-24(14)16)17(18,19)20/h3-11H,1-2H3. The molecule has 9 heteroatoms. The van der Waals surface area contributed by atoms with E-state index in [0.29, 0.717) is 0 Å². The molecular weight excluding hydrogens is 365 g/mol. The van der Waals surface area contributed by atoms with Gasteiger partial charge in [-0.3, -0.25) is 9.20 Å². The van der Waals surface area contributed by atoms with Gasteiger partial charge >= 0.3 is 6.18 Å². The number of rotatable bonds is 4. The van der Waals surface area contributed by atoms with E-state index in [2.05, 4.69) is 10.2 Å². The summed E-state index contributed by atoms with van der Waals surface area (Å²) in [4.78, 5) is 14.1. The van der Waals surface area contributed by atoms with Gasteiger partial charge in [-0.25, -0.2) is 0 Å². The Hall–Kier alpha value is -2.55. The van der Waals surface area contributed by atoms with Crippen LogP contribution in [0.3, 0.4) is 0 Å². The molecule has 0 spiro atoms. The molecule has 0 saturated heterocycles. The Kier molecular flexibility index (Phi) is 4.90. The number of amides is 1. The summed E-state index contributed by atoms with van der Waals surface area (Å²) in [5.41, 5.74) is 0.221. The number of carbonyl (C=O) groups is 1. The number of nitrogens with zero attached hydrogens (tertiary/aromatic N) is 4. The van der Waals surface area contributed by atoms with Crippen LogP contribution in [-0.2, 0) is 11.0 Å². The van der Waals surface area contributed by atoms with Crippen molar-refractivity contribution in [3.05, 3.63) is 54.2 Å². The maximum absolute atomic E-state index is 12.9. The van der Waals surface area contributed by atoms with Gasteiger partial charge in [-0.05, 0) is 31.2 Å². The van der Waals surface area contributed by atoms with Crippen molar-refractivity contribution in [1.29, 1.82) is 0 Å². The average Bonchev–Trinajstić information content (AvgIpc) is 3.02. The number of pyridine rings is 1. The molecule has 0 saturated carbocycles. The minimum atomic E-state index is -4.46. The van der Waals surface area contributed by atoms with Gasteiger partial charge in [-0.1, -0.05) is 30.0 Å². The van der Waals surface area contributed by atoms with E-state index >= 15 is 0 Å². The van der Waals surface area contributed by atoms with Crippen molar-refractivity contribution in [3.8, 4) is 0 Å². The third kappa shape index (κ3) is 3.67. The van der Waals surface area contributed by atoms with Gasteiger partial charge < -0.3 is 4.90 Å². The molecule has 3 rings (SSSR count). The van der Waals surface area contributed by atoms with Crippen LogP contribution in [0.25, 0.3) is 5.65 Å². The number of anilines is 1. The lowest BCUT2D eigenvalue weighted by Gasteiger charge is -2.20. The van der Waals surface area contributed by atoms with Gasteiger partial charge in [0.15, 0.2) is 10.8 Å². The van der Waals surface area contributed by atoms with Gasteiger partial charge in [-0.2, -0.15) is 13.2 Å². The minimum Gasteiger partial charge on any atom is -0.315 e. The Morgan fingerprint density at radius 3 is 2.50 bits per heavy atom. The first-order valence-electron chi connectivity index (χ1n) is 7.68. The molecule has 0 aliphatic rings. The van der Waals surface area contributed by atoms with Crippen molar-refractivity contribution >= 4 is 29.0 Å². The van der Waals surface area contributed by atoms with Crippen molar-refractivity contribution in [1.82, 2.24) is 14.6 Å². The number of benzene rings is 1. The largest absolute Gasteiger partial charge is 0.417 e. The van der Waals surface area contributed by atoms with Crippen LogP contribution >= 0.6 is 11.8 Å². The van der Waals surface area contributed by atoms with Crippen LogP contribution in [0.15, 0.2) is 53.8 Å². The molecule has 0 bridgehead atoms. The average molecular weight is 380 g/mol. The third-order valence-corrected chi connectivity index (χ3v) is 4.85. The topological polar surface area (TPSA) is 50.5 Å². The Bertz CT molecular complexity index is 927. The van der Waals surface area contributed by atoms with Crippen LogP contribution in [-0.4, -0.2) is 32.8 Å². The van der Waals surface area contributed by atoms with Crippen LogP contribution in [0.2, 0.25) is 0 Å². The van der Waals surface area contributed by atoms with E-state index in [0.717, 1.165) is 29.7 Å². The van der Waals surface area contributed by atoms with Gasteiger partial charge in [0, 0.05) is 18.9 Å². The second-order valence-electron chi connectivity index (χ2n) is 5.62. The normalized spacial score (nSPS) is 13.0. The van der Waals surface area contributed by atoms with Gasteiger partial charge in [0.25, 0.3) is 0 Å². The summed E-state index contributed by atoms with van der Waals surface area (Å²) in [5, 5.41) is 7.44. The predicted octanol–water partition coefficient (Wildman–Crippen LogP) is 3.89. The van der Waals surface area contributed by atoms with E-state index in [1.807, 2.05) is 18.2 Å². The number of aromatic nitrogens is 3. The zero-order chi connectivity index (χ0) is 18.9. The first kappa shape index (κ1) is 18.2. The summed E-state index contributed by atoms with van der Waals surface area (Å²) < 4.78 is 40.0. The number of fused-ring (bicyclic) bond motifs is 1. The molecule has 0 N–H and O–H groups in total. The Morgan fingerprint density at radius 1 is 1.15 bits per heavy atom. The van der Waals surface area contributed by atoms with Crippen LogP contribution in [0.1, 0.15) is 12.5 Å². The van der Waals surface area contributed by atoms with Crippen molar-refractivity contribution < 1.29 is 18.0 Å². The lowest BCUT2D eigenvalue weighted by atomic mass is 10.3. The first-order valence-corrected chi connectivity index (χ1v) is 8.56. The molecule has 26 heavy (non-hydrogen) atoms. The Morgan fingerprint density at radius 2 is 1.85 bits per heavy atom. The fraction of sp³-hybridized carbons (Fsp3) is 0.235. The summed E-state index contributed by atoms with van der Waals surface area (Å²) in [6.07, 6.45) is -3.52. The molecule has 0 aliphatic heterocycles. The van der Waals surface area contributed by atoms with E-state index < -0.39 is 17.0 Å². The quantitative estimate of drug-likeness (QED) is 0.645. The second-order valence-corrected chi connectivity index (χ2v) is 6.93. The monoisotopic (exact) mass is 380 g/mol. The van der Waals surface area contributed by atoms with Gasteiger partial charge in [-0.15, -0.1) is 10.2 Å². The molecule has 1 atom stereocenters. The van der Waals surface area contributed by atoms with E-state index in [1.165, 1.54) is 15.4 Å². The highest BCUT2D eigenvalue weighted by atomic mass is 32.2. The van der Waals surface area contributed by atoms with Crippen LogP contribution in [0.4, 0.5) is 18.9 Å². The molecule has 1 amide bonds. The highest BCUT2D eigenvalue weighted by molar-refractivity contribution is 8.00. The van der Waals surface area contributed by atoms with Crippen LogP contribution in [0, 0.1) is 0 Å². The summed E-state index contributed by atoms with van der Waals surface area (Å²) in [6, 6.07) is 11.3. The van der Waals surface area contributed by atoms with Crippen LogP contribution < -0.4 is 4.90 Å². The van der Waals surface area contributed by atoms with E-state index in [-0.39, 0.29) is 16.7 Å². The molecular formula is C17H15F3N4OS.